The molecule has 1 heterocycles. The van der Waals surface area contributed by atoms with E-state index in [9.17, 15) is 0 Å². The Kier molecular flexibility index (Phi) is 1.96. The molecule has 1 fully saturated rings. The van der Waals surface area contributed by atoms with E-state index >= 15 is 0 Å². The van der Waals surface area contributed by atoms with E-state index in [2.05, 4.69) is 40.3 Å². The molecule has 1 saturated carbocycles. The molecule has 0 unspecified atom stereocenters. The minimum Gasteiger partial charge on any atom is -0.312 e. The van der Waals surface area contributed by atoms with E-state index in [-0.39, 0.29) is 0 Å². The third-order valence-electron chi connectivity index (χ3n) is 3.52. The van der Waals surface area contributed by atoms with Crippen molar-refractivity contribution in [2.24, 2.45) is 5.92 Å². The quantitative estimate of drug-likeness (QED) is 0.748. The minimum atomic E-state index is 0.845. The highest BCUT2D eigenvalue weighted by Crippen LogP contribution is 2.51. The summed E-state index contributed by atoms with van der Waals surface area (Å²) < 4.78 is 1.28. The van der Waals surface area contributed by atoms with Crippen molar-refractivity contribution in [3.8, 4) is 0 Å². The molecule has 0 spiro atoms. The first kappa shape index (κ1) is 8.93. The normalized spacial score (nSPS) is 29.0. The predicted octanol–water partition coefficient (Wildman–Crippen LogP) is 2.96. The molecule has 2 atom stereocenters. The van der Waals surface area contributed by atoms with Crippen LogP contribution in [0.1, 0.15) is 29.0 Å². The largest absolute Gasteiger partial charge is 0.312 e. The lowest BCUT2D eigenvalue weighted by Crippen LogP contribution is -2.15. The Balaban J connectivity index is 2.18. The van der Waals surface area contributed by atoms with Crippen molar-refractivity contribution in [3.05, 3.63) is 33.3 Å². The molecular weight excluding hydrogens is 238 g/mol. The Morgan fingerprint density at radius 1 is 1.43 bits per heavy atom. The molecule has 3 rings (SSSR count). The molecule has 2 aliphatic rings. The lowest BCUT2D eigenvalue weighted by atomic mass is 9.97. The smallest absolute Gasteiger partial charge is 0.0223 e. The average molecular weight is 252 g/mol. The van der Waals surface area contributed by atoms with E-state index < -0.39 is 0 Å². The van der Waals surface area contributed by atoms with Gasteiger partial charge >= 0.3 is 0 Å². The van der Waals surface area contributed by atoms with Gasteiger partial charge < -0.3 is 5.32 Å². The maximum Gasteiger partial charge on any atom is 0.0223 e. The van der Waals surface area contributed by atoms with Crippen molar-refractivity contribution in [1.29, 1.82) is 0 Å². The average Bonchev–Trinajstić information content (AvgIpc) is 2.88. The maximum absolute atomic E-state index is 3.66. The molecule has 0 aromatic heterocycles. The van der Waals surface area contributed by atoms with Crippen LogP contribution in [0.5, 0.6) is 0 Å². The molecule has 1 aromatic rings. The monoisotopic (exact) mass is 251 g/mol. The fraction of sp³-hybridized carbons (Fsp3) is 0.500. The molecule has 1 aromatic carbocycles. The van der Waals surface area contributed by atoms with Crippen molar-refractivity contribution in [3.63, 3.8) is 0 Å². The summed E-state index contributed by atoms with van der Waals surface area (Å²) in [5, 5.41) is 3.53. The van der Waals surface area contributed by atoms with E-state index in [1.54, 1.807) is 5.56 Å². The number of halogens is 1. The van der Waals surface area contributed by atoms with Crippen LogP contribution in [0.4, 0.5) is 0 Å². The second-order valence-electron chi connectivity index (χ2n) is 4.49. The number of rotatable bonds is 0. The van der Waals surface area contributed by atoms with Crippen molar-refractivity contribution >= 4 is 15.9 Å². The summed E-state index contributed by atoms with van der Waals surface area (Å²) in [6.07, 6.45) is 1.39. The number of nitrogens with one attached hydrogen (secondary N) is 1. The first-order valence-corrected chi connectivity index (χ1v) is 6.05. The van der Waals surface area contributed by atoms with Crippen LogP contribution >= 0.6 is 15.9 Å². The topological polar surface area (TPSA) is 12.0 Å². The Morgan fingerprint density at radius 2 is 2.29 bits per heavy atom. The van der Waals surface area contributed by atoms with E-state index in [4.69, 9.17) is 0 Å². The number of hydrogen-bond donors (Lipinski definition) is 1. The third-order valence-corrected chi connectivity index (χ3v) is 4.26. The first-order chi connectivity index (χ1) is 6.77. The molecule has 1 nitrogen and oxygen atoms in total. The standard InChI is InChI=1S/C12H14BrN/c1-7-2-3-11(13)10-6-14-5-8-4-9(8)12(7)10/h2-3,8-9,14H,4-6H2,1H3/t8-,9-/m0/s1. The van der Waals surface area contributed by atoms with E-state index in [0.717, 1.165) is 18.4 Å². The number of aryl methyl sites for hydroxylation is 1. The highest BCUT2D eigenvalue weighted by molar-refractivity contribution is 9.10. The second-order valence-corrected chi connectivity index (χ2v) is 5.34. The van der Waals surface area contributed by atoms with Crippen LogP contribution in [-0.4, -0.2) is 6.54 Å². The molecule has 2 heteroatoms. The van der Waals surface area contributed by atoms with Crippen LogP contribution in [0.2, 0.25) is 0 Å². The van der Waals surface area contributed by atoms with Gasteiger partial charge in [-0.25, -0.2) is 0 Å². The van der Waals surface area contributed by atoms with Crippen LogP contribution in [0.15, 0.2) is 16.6 Å². The third kappa shape index (κ3) is 1.24. The fourth-order valence-electron chi connectivity index (χ4n) is 2.66. The summed E-state index contributed by atoms with van der Waals surface area (Å²) >= 11 is 3.66. The van der Waals surface area contributed by atoms with Crippen molar-refractivity contribution in [2.75, 3.05) is 6.54 Å². The Hall–Kier alpha value is -0.340. The van der Waals surface area contributed by atoms with E-state index in [1.807, 2.05) is 0 Å². The van der Waals surface area contributed by atoms with Crippen LogP contribution in [0.3, 0.4) is 0 Å². The van der Waals surface area contributed by atoms with E-state index in [0.29, 0.717) is 0 Å². The van der Waals surface area contributed by atoms with E-state index in [1.165, 1.54) is 28.6 Å². The van der Waals surface area contributed by atoms with Gasteiger partial charge in [-0.2, -0.15) is 0 Å². The number of benzene rings is 1. The molecule has 74 valence electrons. The molecule has 0 radical (unpaired) electrons. The molecule has 0 saturated heterocycles. The molecule has 0 amide bonds. The van der Waals surface area contributed by atoms with Gasteiger partial charge in [0.05, 0.1) is 0 Å². The van der Waals surface area contributed by atoms with Gasteiger partial charge in [0.15, 0.2) is 0 Å². The van der Waals surface area contributed by atoms with Crippen LogP contribution in [0.25, 0.3) is 0 Å². The van der Waals surface area contributed by atoms with Gasteiger partial charge in [0.2, 0.25) is 0 Å². The van der Waals surface area contributed by atoms with Gasteiger partial charge in [0.25, 0.3) is 0 Å². The number of hydrogen-bond acceptors (Lipinski definition) is 1. The summed E-state index contributed by atoms with van der Waals surface area (Å²) in [7, 11) is 0. The lowest BCUT2D eigenvalue weighted by molar-refractivity contribution is 0.647. The summed E-state index contributed by atoms with van der Waals surface area (Å²) in [6, 6.07) is 4.42. The number of fused-ring (bicyclic) bond motifs is 3. The highest BCUT2D eigenvalue weighted by atomic mass is 79.9. The van der Waals surface area contributed by atoms with Gasteiger partial charge in [-0.15, -0.1) is 0 Å². The zero-order chi connectivity index (χ0) is 9.71. The summed E-state index contributed by atoms with van der Waals surface area (Å²) in [5.41, 5.74) is 4.59. The predicted molar refractivity (Wildman–Crippen MR) is 61.4 cm³/mol. The Labute approximate surface area is 93.0 Å². The minimum absolute atomic E-state index is 0.845. The molecule has 1 aliphatic heterocycles. The van der Waals surface area contributed by atoms with Crippen LogP contribution in [-0.2, 0) is 6.54 Å². The summed E-state index contributed by atoms with van der Waals surface area (Å²) in [6.45, 7) is 4.47. The Morgan fingerprint density at radius 3 is 3.14 bits per heavy atom. The highest BCUT2D eigenvalue weighted by Gasteiger charge is 2.41. The molecule has 0 bridgehead atoms. The molecule has 14 heavy (non-hydrogen) atoms. The summed E-state index contributed by atoms with van der Waals surface area (Å²) in [4.78, 5) is 0. The van der Waals surface area contributed by atoms with Gasteiger partial charge in [0.1, 0.15) is 0 Å². The zero-order valence-corrected chi connectivity index (χ0v) is 9.89. The molecule has 1 N–H and O–H groups in total. The fourth-order valence-corrected chi connectivity index (χ4v) is 3.15. The Bertz CT molecular complexity index is 386. The van der Waals surface area contributed by atoms with Gasteiger partial charge in [-0.05, 0) is 54.5 Å². The van der Waals surface area contributed by atoms with Crippen molar-refractivity contribution in [2.45, 2.75) is 25.8 Å². The molecule has 1 aliphatic carbocycles. The molecular formula is C12H14BrN. The van der Waals surface area contributed by atoms with Gasteiger partial charge in [-0.3, -0.25) is 0 Å². The van der Waals surface area contributed by atoms with Crippen molar-refractivity contribution in [1.82, 2.24) is 5.32 Å². The SMILES string of the molecule is Cc1ccc(Br)c2c1[C@H]1C[C@H]1CNC2. The zero-order valence-electron chi connectivity index (χ0n) is 8.31. The van der Waals surface area contributed by atoms with Gasteiger partial charge in [0, 0.05) is 11.0 Å². The maximum atomic E-state index is 3.66. The van der Waals surface area contributed by atoms with Crippen LogP contribution < -0.4 is 5.32 Å². The first-order valence-electron chi connectivity index (χ1n) is 5.26. The van der Waals surface area contributed by atoms with Crippen LogP contribution in [0, 0.1) is 12.8 Å². The lowest BCUT2D eigenvalue weighted by Gasteiger charge is -2.12. The van der Waals surface area contributed by atoms with Gasteiger partial charge in [-0.1, -0.05) is 22.0 Å². The summed E-state index contributed by atoms with van der Waals surface area (Å²) in [5.74, 6) is 1.75. The van der Waals surface area contributed by atoms with Crippen molar-refractivity contribution < 1.29 is 0 Å². The second kappa shape index (κ2) is 3.07.